The van der Waals surface area contributed by atoms with E-state index in [0.29, 0.717) is 24.7 Å². The molecule has 0 aliphatic carbocycles. The van der Waals surface area contributed by atoms with Gasteiger partial charge in [0.05, 0.1) is 6.10 Å². The van der Waals surface area contributed by atoms with Crippen molar-refractivity contribution in [1.82, 2.24) is 4.90 Å². The average Bonchev–Trinajstić information content (AvgIpc) is 2.29. The molecule has 1 aliphatic rings. The third-order valence-electron chi connectivity index (χ3n) is 3.50. The Kier molecular flexibility index (Phi) is 3.64. The van der Waals surface area contributed by atoms with Crippen molar-refractivity contribution in [2.24, 2.45) is 5.92 Å². The molecule has 1 aromatic carbocycles. The van der Waals surface area contributed by atoms with Gasteiger partial charge in [0.15, 0.2) is 0 Å². The number of nitrogen functional groups attached to an aromatic ring is 1. The Hall–Kier alpha value is -1.13. The van der Waals surface area contributed by atoms with Crippen molar-refractivity contribution in [3.63, 3.8) is 0 Å². The first-order valence-corrected chi connectivity index (χ1v) is 6.00. The van der Waals surface area contributed by atoms with Crippen LogP contribution in [0.25, 0.3) is 0 Å². The number of rotatable bonds is 2. The maximum absolute atomic E-state index is 13.1. The minimum absolute atomic E-state index is 0.264. The number of anilines is 1. The van der Waals surface area contributed by atoms with Crippen LogP contribution in [-0.4, -0.2) is 29.2 Å². The molecular formula is C13H19FN2O. The van der Waals surface area contributed by atoms with Gasteiger partial charge in [0.25, 0.3) is 0 Å². The topological polar surface area (TPSA) is 49.5 Å². The largest absolute Gasteiger partial charge is 0.398 e. The van der Waals surface area contributed by atoms with Crippen molar-refractivity contribution in [2.45, 2.75) is 26.0 Å². The predicted octanol–water partition coefficient (Wildman–Crippen LogP) is 1.61. The fourth-order valence-electron chi connectivity index (χ4n) is 2.21. The minimum atomic E-state index is -0.293. The Morgan fingerprint density at radius 1 is 1.53 bits per heavy atom. The van der Waals surface area contributed by atoms with Gasteiger partial charge in [0, 0.05) is 18.8 Å². The van der Waals surface area contributed by atoms with E-state index in [1.165, 1.54) is 12.1 Å². The number of halogens is 1. The SMILES string of the molecule is CC1CCN(Cc2cc(F)ccc2N)CC1O. The number of likely N-dealkylation sites (tertiary alicyclic amines) is 1. The summed E-state index contributed by atoms with van der Waals surface area (Å²) < 4.78 is 13.1. The Balaban J connectivity index is 2.03. The Morgan fingerprint density at radius 2 is 2.29 bits per heavy atom. The summed E-state index contributed by atoms with van der Waals surface area (Å²) in [4.78, 5) is 2.12. The molecule has 1 aliphatic heterocycles. The number of nitrogens with zero attached hydrogens (tertiary/aromatic N) is 1. The van der Waals surface area contributed by atoms with Gasteiger partial charge in [-0.1, -0.05) is 6.92 Å². The molecule has 2 rings (SSSR count). The second-order valence-electron chi connectivity index (χ2n) is 4.91. The number of β-amino-alcohol motifs (C(OH)–C–C–N with tert-alkyl or cyclic N) is 1. The lowest BCUT2D eigenvalue weighted by Crippen LogP contribution is -2.42. The molecule has 0 aromatic heterocycles. The summed E-state index contributed by atoms with van der Waals surface area (Å²) in [6, 6.07) is 4.43. The highest BCUT2D eigenvalue weighted by atomic mass is 19.1. The van der Waals surface area contributed by atoms with Crippen LogP contribution in [0, 0.1) is 11.7 Å². The number of hydrogen-bond donors (Lipinski definition) is 2. The first-order chi connectivity index (χ1) is 8.06. The molecule has 0 saturated carbocycles. The molecule has 17 heavy (non-hydrogen) atoms. The van der Waals surface area contributed by atoms with E-state index in [1.807, 2.05) is 0 Å². The van der Waals surface area contributed by atoms with Gasteiger partial charge < -0.3 is 10.8 Å². The Labute approximate surface area is 101 Å². The summed E-state index contributed by atoms with van der Waals surface area (Å²) in [5.74, 6) is 0.0798. The molecule has 4 heteroatoms. The van der Waals surface area contributed by atoms with E-state index >= 15 is 0 Å². The lowest BCUT2D eigenvalue weighted by Gasteiger charge is -2.34. The summed E-state index contributed by atoms with van der Waals surface area (Å²) >= 11 is 0. The maximum atomic E-state index is 13.1. The van der Waals surface area contributed by atoms with Gasteiger partial charge in [0.2, 0.25) is 0 Å². The summed E-state index contributed by atoms with van der Waals surface area (Å²) in [5.41, 5.74) is 7.22. The van der Waals surface area contributed by atoms with E-state index in [1.54, 1.807) is 6.07 Å². The summed E-state index contributed by atoms with van der Waals surface area (Å²) in [7, 11) is 0. The summed E-state index contributed by atoms with van der Waals surface area (Å²) in [6.45, 7) is 4.22. The molecule has 3 nitrogen and oxygen atoms in total. The van der Waals surface area contributed by atoms with E-state index in [-0.39, 0.29) is 11.9 Å². The molecule has 0 radical (unpaired) electrons. The van der Waals surface area contributed by atoms with Crippen LogP contribution in [0.5, 0.6) is 0 Å². The Bertz CT molecular complexity index is 397. The van der Waals surface area contributed by atoms with Crippen LogP contribution >= 0.6 is 0 Å². The third kappa shape index (κ3) is 2.96. The first-order valence-electron chi connectivity index (χ1n) is 6.00. The van der Waals surface area contributed by atoms with E-state index in [4.69, 9.17) is 5.73 Å². The summed E-state index contributed by atoms with van der Waals surface area (Å²) in [5, 5.41) is 9.80. The molecule has 0 spiro atoms. The molecule has 1 aromatic rings. The smallest absolute Gasteiger partial charge is 0.123 e. The van der Waals surface area contributed by atoms with Crippen LogP contribution in [0.2, 0.25) is 0 Å². The van der Waals surface area contributed by atoms with Crippen LogP contribution in [0.3, 0.4) is 0 Å². The monoisotopic (exact) mass is 238 g/mol. The van der Waals surface area contributed by atoms with E-state index in [9.17, 15) is 9.50 Å². The Morgan fingerprint density at radius 3 is 3.00 bits per heavy atom. The molecule has 3 N–H and O–H groups in total. The maximum Gasteiger partial charge on any atom is 0.123 e. The van der Waals surface area contributed by atoms with E-state index in [2.05, 4.69) is 11.8 Å². The standard InChI is InChI=1S/C13H19FN2O/c1-9-4-5-16(8-13(9)17)7-10-6-11(14)2-3-12(10)15/h2-3,6,9,13,17H,4-5,7-8,15H2,1H3. The number of hydrogen-bond acceptors (Lipinski definition) is 3. The van der Waals surface area contributed by atoms with Gasteiger partial charge >= 0.3 is 0 Å². The molecule has 94 valence electrons. The van der Waals surface area contributed by atoms with Gasteiger partial charge in [-0.15, -0.1) is 0 Å². The molecule has 2 atom stereocenters. The fraction of sp³-hybridized carbons (Fsp3) is 0.538. The van der Waals surface area contributed by atoms with Gasteiger partial charge in [0.1, 0.15) is 5.82 Å². The average molecular weight is 238 g/mol. The summed E-state index contributed by atoms with van der Waals surface area (Å²) in [6.07, 6.45) is 0.676. The van der Waals surface area contributed by atoms with Crippen LogP contribution in [-0.2, 0) is 6.54 Å². The fourth-order valence-corrected chi connectivity index (χ4v) is 2.21. The van der Waals surface area contributed by atoms with E-state index < -0.39 is 0 Å². The van der Waals surface area contributed by atoms with Crippen molar-refractivity contribution in [2.75, 3.05) is 18.8 Å². The second-order valence-corrected chi connectivity index (χ2v) is 4.91. The molecule has 1 saturated heterocycles. The second kappa shape index (κ2) is 5.02. The molecule has 2 unspecified atom stereocenters. The molecule has 0 amide bonds. The minimum Gasteiger partial charge on any atom is -0.398 e. The first kappa shape index (κ1) is 12.3. The van der Waals surface area contributed by atoms with Crippen molar-refractivity contribution in [3.8, 4) is 0 Å². The zero-order valence-electron chi connectivity index (χ0n) is 10.1. The molecule has 0 bridgehead atoms. The third-order valence-corrected chi connectivity index (χ3v) is 3.50. The highest BCUT2D eigenvalue weighted by Crippen LogP contribution is 2.21. The highest BCUT2D eigenvalue weighted by Gasteiger charge is 2.24. The van der Waals surface area contributed by atoms with Gasteiger partial charge in [-0.25, -0.2) is 4.39 Å². The van der Waals surface area contributed by atoms with Crippen molar-refractivity contribution < 1.29 is 9.50 Å². The predicted molar refractivity (Wildman–Crippen MR) is 65.9 cm³/mol. The van der Waals surface area contributed by atoms with Crippen molar-refractivity contribution >= 4 is 5.69 Å². The van der Waals surface area contributed by atoms with Gasteiger partial charge in [-0.2, -0.15) is 0 Å². The normalized spacial score (nSPS) is 26.1. The number of aliphatic hydroxyl groups excluding tert-OH is 1. The highest BCUT2D eigenvalue weighted by molar-refractivity contribution is 5.46. The van der Waals surface area contributed by atoms with Gasteiger partial charge in [-0.3, -0.25) is 4.90 Å². The lowest BCUT2D eigenvalue weighted by molar-refractivity contribution is 0.0260. The number of piperidine rings is 1. The van der Waals surface area contributed by atoms with Crippen LogP contribution in [0.15, 0.2) is 18.2 Å². The zero-order chi connectivity index (χ0) is 12.4. The molecule has 1 fully saturated rings. The van der Waals surface area contributed by atoms with Crippen molar-refractivity contribution in [3.05, 3.63) is 29.6 Å². The molecular weight excluding hydrogens is 219 g/mol. The molecule has 1 heterocycles. The lowest BCUT2D eigenvalue weighted by atomic mass is 9.95. The van der Waals surface area contributed by atoms with Crippen molar-refractivity contribution in [1.29, 1.82) is 0 Å². The number of aliphatic hydroxyl groups is 1. The van der Waals surface area contributed by atoms with Crippen LogP contribution in [0.1, 0.15) is 18.9 Å². The number of nitrogens with two attached hydrogens (primary N) is 1. The zero-order valence-corrected chi connectivity index (χ0v) is 10.1. The van der Waals surface area contributed by atoms with E-state index in [0.717, 1.165) is 18.5 Å². The van der Waals surface area contributed by atoms with Crippen LogP contribution in [0.4, 0.5) is 10.1 Å². The quantitative estimate of drug-likeness (QED) is 0.770. The van der Waals surface area contributed by atoms with Crippen LogP contribution < -0.4 is 5.73 Å². The van der Waals surface area contributed by atoms with Gasteiger partial charge in [-0.05, 0) is 42.6 Å². The number of benzene rings is 1.